The molecule has 0 aliphatic rings. The van der Waals surface area contributed by atoms with E-state index in [9.17, 15) is 4.39 Å². The zero-order chi connectivity index (χ0) is 10.4. The van der Waals surface area contributed by atoms with Gasteiger partial charge in [0.1, 0.15) is 18.2 Å². The molecule has 76 valence electrons. The largest absolute Gasteiger partial charge is 0.485 e. The lowest BCUT2D eigenvalue weighted by Crippen LogP contribution is -2.02. The van der Waals surface area contributed by atoms with Crippen LogP contribution in [0.25, 0.3) is 0 Å². The predicted octanol–water partition coefficient (Wildman–Crippen LogP) is 1.58. The zero-order valence-corrected chi connectivity index (χ0v) is 8.03. The normalized spacial score (nSPS) is 11.5. The molecular weight excluding hydrogens is 183 g/mol. The first kappa shape index (κ1) is 10.7. The first-order valence-corrected chi connectivity index (χ1v) is 4.33. The van der Waals surface area contributed by atoms with E-state index in [1.54, 1.807) is 25.3 Å². The van der Waals surface area contributed by atoms with Gasteiger partial charge in [-0.15, -0.1) is 0 Å². The van der Waals surface area contributed by atoms with Gasteiger partial charge >= 0.3 is 0 Å². The molecule has 1 rings (SSSR count). The first-order chi connectivity index (χ1) is 6.74. The average Bonchev–Trinajstić information content (AvgIpc) is 2.17. The van der Waals surface area contributed by atoms with Crippen LogP contribution in [0.1, 0.15) is 5.69 Å². The SMILES string of the molecule is Cc1ncccc1OC/C(F)=C\CN. The number of rotatable bonds is 4. The molecule has 4 heteroatoms. The number of ether oxygens (including phenoxy) is 1. The van der Waals surface area contributed by atoms with Gasteiger partial charge in [0, 0.05) is 12.7 Å². The summed E-state index contributed by atoms with van der Waals surface area (Å²) in [5, 5.41) is 0. The number of aryl methyl sites for hydroxylation is 1. The lowest BCUT2D eigenvalue weighted by Gasteiger charge is -2.06. The highest BCUT2D eigenvalue weighted by Crippen LogP contribution is 2.14. The van der Waals surface area contributed by atoms with E-state index in [1.165, 1.54) is 6.08 Å². The Morgan fingerprint density at radius 1 is 1.71 bits per heavy atom. The molecule has 14 heavy (non-hydrogen) atoms. The number of aromatic nitrogens is 1. The minimum absolute atomic E-state index is 0.0935. The molecule has 0 fully saturated rings. The number of nitrogens with zero attached hydrogens (tertiary/aromatic N) is 1. The van der Waals surface area contributed by atoms with Crippen molar-refractivity contribution in [1.82, 2.24) is 4.98 Å². The van der Waals surface area contributed by atoms with E-state index in [-0.39, 0.29) is 19.0 Å². The molecule has 0 saturated heterocycles. The van der Waals surface area contributed by atoms with Gasteiger partial charge in [0.25, 0.3) is 0 Å². The van der Waals surface area contributed by atoms with Crippen molar-refractivity contribution in [1.29, 1.82) is 0 Å². The number of hydrogen-bond donors (Lipinski definition) is 1. The molecule has 0 aliphatic carbocycles. The lowest BCUT2D eigenvalue weighted by molar-refractivity contribution is 0.315. The second kappa shape index (κ2) is 5.34. The third-order valence-corrected chi connectivity index (χ3v) is 1.66. The Hall–Kier alpha value is -1.42. The zero-order valence-electron chi connectivity index (χ0n) is 8.03. The monoisotopic (exact) mass is 196 g/mol. The van der Waals surface area contributed by atoms with Crippen LogP contribution in [0.2, 0.25) is 0 Å². The second-order valence-electron chi connectivity index (χ2n) is 2.76. The highest BCUT2D eigenvalue weighted by molar-refractivity contribution is 5.25. The Balaban J connectivity index is 2.54. The van der Waals surface area contributed by atoms with Crippen LogP contribution in [-0.4, -0.2) is 18.1 Å². The molecule has 0 saturated carbocycles. The summed E-state index contributed by atoms with van der Waals surface area (Å²) < 4.78 is 18.0. The summed E-state index contributed by atoms with van der Waals surface area (Å²) in [6.45, 7) is 1.89. The fourth-order valence-corrected chi connectivity index (χ4v) is 0.956. The van der Waals surface area contributed by atoms with Gasteiger partial charge in [-0.25, -0.2) is 4.39 Å². The van der Waals surface area contributed by atoms with Crippen LogP contribution < -0.4 is 10.5 Å². The van der Waals surface area contributed by atoms with Gasteiger partial charge in [0.2, 0.25) is 0 Å². The molecule has 2 N–H and O–H groups in total. The van der Waals surface area contributed by atoms with Crippen LogP contribution in [0.4, 0.5) is 4.39 Å². The van der Waals surface area contributed by atoms with Gasteiger partial charge in [-0.05, 0) is 25.1 Å². The van der Waals surface area contributed by atoms with Crippen molar-refractivity contribution in [3.05, 3.63) is 35.9 Å². The van der Waals surface area contributed by atoms with Crippen molar-refractivity contribution in [3.8, 4) is 5.75 Å². The van der Waals surface area contributed by atoms with Crippen LogP contribution in [0.5, 0.6) is 5.75 Å². The third kappa shape index (κ3) is 3.14. The number of hydrogen-bond acceptors (Lipinski definition) is 3. The molecule has 0 spiro atoms. The second-order valence-corrected chi connectivity index (χ2v) is 2.76. The molecular formula is C10H13FN2O. The summed E-state index contributed by atoms with van der Waals surface area (Å²) in [4.78, 5) is 4.01. The maximum atomic E-state index is 12.9. The van der Waals surface area contributed by atoms with Crippen molar-refractivity contribution in [2.24, 2.45) is 5.73 Å². The van der Waals surface area contributed by atoms with Crippen molar-refractivity contribution in [3.63, 3.8) is 0 Å². The fourth-order valence-electron chi connectivity index (χ4n) is 0.956. The number of pyridine rings is 1. The van der Waals surface area contributed by atoms with E-state index < -0.39 is 0 Å². The van der Waals surface area contributed by atoms with Crippen LogP contribution in [0.3, 0.4) is 0 Å². The van der Waals surface area contributed by atoms with Gasteiger partial charge in [0.05, 0.1) is 5.69 Å². The van der Waals surface area contributed by atoms with Crippen molar-refractivity contribution >= 4 is 0 Å². The topological polar surface area (TPSA) is 48.1 Å². The lowest BCUT2D eigenvalue weighted by atomic mass is 10.3. The fraction of sp³-hybridized carbons (Fsp3) is 0.300. The van der Waals surface area contributed by atoms with E-state index in [2.05, 4.69) is 4.98 Å². The van der Waals surface area contributed by atoms with Gasteiger partial charge in [-0.3, -0.25) is 4.98 Å². The van der Waals surface area contributed by atoms with E-state index in [1.807, 2.05) is 0 Å². The van der Waals surface area contributed by atoms with Crippen molar-refractivity contribution in [2.45, 2.75) is 6.92 Å². The Morgan fingerprint density at radius 2 is 2.50 bits per heavy atom. The maximum Gasteiger partial charge on any atom is 0.141 e. The Labute approximate surface area is 82.4 Å². The summed E-state index contributed by atoms with van der Waals surface area (Å²) in [5.74, 6) is 0.226. The summed E-state index contributed by atoms with van der Waals surface area (Å²) in [7, 11) is 0. The molecule has 0 aliphatic heterocycles. The number of halogens is 1. The molecule has 0 bridgehead atoms. The van der Waals surface area contributed by atoms with E-state index in [0.29, 0.717) is 5.75 Å². The van der Waals surface area contributed by atoms with Crippen LogP contribution in [-0.2, 0) is 0 Å². The summed E-state index contributed by atoms with van der Waals surface area (Å²) in [5.41, 5.74) is 5.89. The molecule has 1 aromatic rings. The molecule has 0 aromatic carbocycles. The minimum Gasteiger partial charge on any atom is -0.485 e. The Bertz CT molecular complexity index is 326. The van der Waals surface area contributed by atoms with Gasteiger partial charge in [-0.2, -0.15) is 0 Å². The third-order valence-electron chi connectivity index (χ3n) is 1.66. The van der Waals surface area contributed by atoms with Crippen LogP contribution >= 0.6 is 0 Å². The van der Waals surface area contributed by atoms with E-state index in [0.717, 1.165) is 5.69 Å². The summed E-state index contributed by atoms with van der Waals surface area (Å²) in [6.07, 6.45) is 2.94. The predicted molar refractivity (Wildman–Crippen MR) is 52.7 cm³/mol. The molecule has 0 radical (unpaired) electrons. The highest BCUT2D eigenvalue weighted by atomic mass is 19.1. The molecule has 0 amide bonds. The standard InChI is InChI=1S/C10H13FN2O/c1-8-10(3-2-6-13-8)14-7-9(11)4-5-12/h2-4,6H,5,7,12H2,1H3/b9-4+. The van der Waals surface area contributed by atoms with Gasteiger partial charge in [-0.1, -0.05) is 0 Å². The maximum absolute atomic E-state index is 12.9. The van der Waals surface area contributed by atoms with Crippen molar-refractivity contribution < 1.29 is 9.13 Å². The summed E-state index contributed by atoms with van der Waals surface area (Å²) >= 11 is 0. The molecule has 0 atom stereocenters. The average molecular weight is 196 g/mol. The van der Waals surface area contributed by atoms with E-state index >= 15 is 0 Å². The Morgan fingerprint density at radius 3 is 3.14 bits per heavy atom. The Kier molecular flexibility index (Phi) is 4.07. The van der Waals surface area contributed by atoms with E-state index in [4.69, 9.17) is 10.5 Å². The highest BCUT2D eigenvalue weighted by Gasteiger charge is 2.00. The smallest absolute Gasteiger partial charge is 0.141 e. The van der Waals surface area contributed by atoms with Crippen molar-refractivity contribution in [2.75, 3.05) is 13.2 Å². The molecule has 3 nitrogen and oxygen atoms in total. The first-order valence-electron chi connectivity index (χ1n) is 4.33. The molecule has 1 aromatic heterocycles. The molecule has 0 unspecified atom stereocenters. The van der Waals surface area contributed by atoms with Gasteiger partial charge in [0.15, 0.2) is 0 Å². The molecule has 1 heterocycles. The van der Waals surface area contributed by atoms with Crippen LogP contribution in [0, 0.1) is 6.92 Å². The van der Waals surface area contributed by atoms with Gasteiger partial charge < -0.3 is 10.5 Å². The quantitative estimate of drug-likeness (QED) is 0.795. The van der Waals surface area contributed by atoms with Crippen LogP contribution in [0.15, 0.2) is 30.2 Å². The number of nitrogens with two attached hydrogens (primary N) is 1. The summed E-state index contributed by atoms with van der Waals surface area (Å²) in [6, 6.07) is 3.49. The minimum atomic E-state index is -0.365.